The second kappa shape index (κ2) is 5.51. The first-order chi connectivity index (χ1) is 10.6. The third-order valence-corrected chi connectivity index (χ3v) is 3.40. The van der Waals surface area contributed by atoms with E-state index in [9.17, 15) is 0 Å². The van der Waals surface area contributed by atoms with Crippen LogP contribution in [0.3, 0.4) is 0 Å². The van der Waals surface area contributed by atoms with E-state index in [0.29, 0.717) is 12.3 Å². The maximum absolute atomic E-state index is 6.00. The summed E-state index contributed by atoms with van der Waals surface area (Å²) in [5.74, 6) is 1.49. The van der Waals surface area contributed by atoms with Crippen molar-refractivity contribution in [3.63, 3.8) is 0 Å². The highest BCUT2D eigenvalue weighted by Crippen LogP contribution is 2.33. The number of hydrogen-bond donors (Lipinski definition) is 1. The summed E-state index contributed by atoms with van der Waals surface area (Å²) in [6, 6.07) is 5.67. The number of nitrogens with zero attached hydrogens (tertiary/aromatic N) is 5. The van der Waals surface area contributed by atoms with E-state index < -0.39 is 0 Å². The maximum atomic E-state index is 6.00. The summed E-state index contributed by atoms with van der Waals surface area (Å²) in [6.07, 6.45) is 3.44. The number of benzene rings is 1. The quantitative estimate of drug-likeness (QED) is 0.743. The van der Waals surface area contributed by atoms with Crippen molar-refractivity contribution in [3.8, 4) is 28.4 Å². The van der Waals surface area contributed by atoms with Crippen LogP contribution >= 0.6 is 0 Å². The molecule has 0 amide bonds. The molecular formula is C15H18N6O. The Morgan fingerprint density at radius 1 is 1.23 bits per heavy atom. The molecule has 0 aliphatic heterocycles. The van der Waals surface area contributed by atoms with Gasteiger partial charge in [0.2, 0.25) is 0 Å². The molecule has 22 heavy (non-hydrogen) atoms. The van der Waals surface area contributed by atoms with Crippen molar-refractivity contribution in [2.24, 2.45) is 14.1 Å². The van der Waals surface area contributed by atoms with Crippen LogP contribution in [0, 0.1) is 0 Å². The van der Waals surface area contributed by atoms with Crippen molar-refractivity contribution in [1.29, 1.82) is 0 Å². The van der Waals surface area contributed by atoms with E-state index in [1.54, 1.807) is 17.2 Å². The van der Waals surface area contributed by atoms with Crippen LogP contribution in [-0.2, 0) is 14.1 Å². The fraction of sp³-hybridized carbons (Fsp3) is 0.267. The van der Waals surface area contributed by atoms with Gasteiger partial charge in [-0.1, -0.05) is 0 Å². The van der Waals surface area contributed by atoms with Gasteiger partial charge in [0, 0.05) is 31.4 Å². The lowest BCUT2D eigenvalue weighted by atomic mass is 10.1. The van der Waals surface area contributed by atoms with Crippen molar-refractivity contribution < 1.29 is 4.74 Å². The Morgan fingerprint density at radius 3 is 2.73 bits per heavy atom. The minimum Gasteiger partial charge on any atom is -0.494 e. The van der Waals surface area contributed by atoms with Crippen LogP contribution in [0.4, 0.5) is 5.69 Å². The van der Waals surface area contributed by atoms with E-state index in [2.05, 4.69) is 15.3 Å². The predicted octanol–water partition coefficient (Wildman–Crippen LogP) is 1.86. The number of ether oxygens (including phenoxy) is 1. The molecule has 0 saturated carbocycles. The van der Waals surface area contributed by atoms with Crippen molar-refractivity contribution in [3.05, 3.63) is 30.7 Å². The first-order valence-electron chi connectivity index (χ1n) is 7.00. The van der Waals surface area contributed by atoms with Crippen LogP contribution in [0.1, 0.15) is 6.92 Å². The van der Waals surface area contributed by atoms with Crippen LogP contribution in [-0.4, -0.2) is 31.2 Å². The molecule has 7 heteroatoms. The minimum absolute atomic E-state index is 0.588. The summed E-state index contributed by atoms with van der Waals surface area (Å²) in [4.78, 5) is 0. The summed E-state index contributed by atoms with van der Waals surface area (Å²) in [5.41, 5.74) is 9.40. The van der Waals surface area contributed by atoms with Gasteiger partial charge in [-0.25, -0.2) is 0 Å². The first-order valence-corrected chi connectivity index (χ1v) is 7.00. The SMILES string of the molecule is CCOc1cc(N)cc(-c2c(-c3nncn3C)cnn2C)c1. The molecule has 0 radical (unpaired) electrons. The Bertz CT molecular complexity index is 804. The molecule has 0 spiro atoms. The van der Waals surface area contributed by atoms with Crippen LogP contribution in [0.25, 0.3) is 22.6 Å². The second-order valence-corrected chi connectivity index (χ2v) is 5.02. The molecule has 2 heterocycles. The van der Waals surface area contributed by atoms with E-state index in [1.165, 1.54) is 0 Å². The van der Waals surface area contributed by atoms with Crippen LogP contribution in [0.2, 0.25) is 0 Å². The summed E-state index contributed by atoms with van der Waals surface area (Å²) < 4.78 is 9.23. The molecule has 3 rings (SSSR count). The first kappa shape index (κ1) is 14.1. The predicted molar refractivity (Wildman–Crippen MR) is 84.2 cm³/mol. The number of aromatic nitrogens is 5. The van der Waals surface area contributed by atoms with E-state index >= 15 is 0 Å². The molecule has 0 unspecified atom stereocenters. The van der Waals surface area contributed by atoms with Gasteiger partial charge in [0.25, 0.3) is 0 Å². The molecule has 0 saturated heterocycles. The van der Waals surface area contributed by atoms with Gasteiger partial charge < -0.3 is 15.0 Å². The zero-order valence-corrected chi connectivity index (χ0v) is 12.8. The van der Waals surface area contributed by atoms with Crippen molar-refractivity contribution in [2.45, 2.75) is 6.92 Å². The van der Waals surface area contributed by atoms with E-state index in [-0.39, 0.29) is 0 Å². The number of anilines is 1. The van der Waals surface area contributed by atoms with Crippen LogP contribution in [0.5, 0.6) is 5.75 Å². The lowest BCUT2D eigenvalue weighted by Gasteiger charge is -2.10. The van der Waals surface area contributed by atoms with Crippen molar-refractivity contribution >= 4 is 5.69 Å². The molecule has 1 aromatic carbocycles. The average molecular weight is 298 g/mol. The van der Waals surface area contributed by atoms with Gasteiger partial charge in [-0.3, -0.25) is 4.68 Å². The molecule has 0 bridgehead atoms. The molecule has 0 atom stereocenters. The number of rotatable bonds is 4. The van der Waals surface area contributed by atoms with Crippen LogP contribution in [0.15, 0.2) is 30.7 Å². The highest BCUT2D eigenvalue weighted by atomic mass is 16.5. The topological polar surface area (TPSA) is 83.8 Å². The zero-order chi connectivity index (χ0) is 15.7. The number of hydrogen-bond acceptors (Lipinski definition) is 5. The monoisotopic (exact) mass is 298 g/mol. The fourth-order valence-corrected chi connectivity index (χ4v) is 2.48. The summed E-state index contributed by atoms with van der Waals surface area (Å²) in [5, 5.41) is 12.4. The highest BCUT2D eigenvalue weighted by Gasteiger charge is 2.17. The van der Waals surface area contributed by atoms with E-state index in [0.717, 1.165) is 28.4 Å². The maximum Gasteiger partial charge on any atom is 0.167 e. The molecule has 0 aliphatic rings. The van der Waals surface area contributed by atoms with Gasteiger partial charge in [-0.2, -0.15) is 5.10 Å². The average Bonchev–Trinajstić information content (AvgIpc) is 3.04. The van der Waals surface area contributed by atoms with Gasteiger partial charge in [-0.15, -0.1) is 10.2 Å². The molecule has 7 nitrogen and oxygen atoms in total. The Kier molecular flexibility index (Phi) is 3.54. The Morgan fingerprint density at radius 2 is 2.05 bits per heavy atom. The normalized spacial score (nSPS) is 10.9. The van der Waals surface area contributed by atoms with Crippen molar-refractivity contribution in [2.75, 3.05) is 12.3 Å². The number of nitrogen functional groups attached to an aromatic ring is 1. The fourth-order valence-electron chi connectivity index (χ4n) is 2.48. The standard InChI is InChI=1S/C15H18N6O/c1-4-22-12-6-10(5-11(16)7-12)14-13(8-18-21(14)3)15-19-17-9-20(15)2/h5-9H,4,16H2,1-3H3. The lowest BCUT2D eigenvalue weighted by molar-refractivity contribution is 0.340. The minimum atomic E-state index is 0.588. The van der Waals surface area contributed by atoms with Gasteiger partial charge in [0.1, 0.15) is 12.1 Å². The Labute approximate surface area is 128 Å². The van der Waals surface area contributed by atoms with Gasteiger partial charge in [-0.05, 0) is 19.1 Å². The van der Waals surface area contributed by atoms with Crippen LogP contribution < -0.4 is 10.5 Å². The molecule has 0 fully saturated rings. The van der Waals surface area contributed by atoms with Gasteiger partial charge >= 0.3 is 0 Å². The van der Waals surface area contributed by atoms with Crippen molar-refractivity contribution in [1.82, 2.24) is 24.5 Å². The number of nitrogens with two attached hydrogens (primary N) is 1. The summed E-state index contributed by atoms with van der Waals surface area (Å²) in [7, 11) is 3.79. The molecular weight excluding hydrogens is 280 g/mol. The molecule has 2 N–H and O–H groups in total. The largest absolute Gasteiger partial charge is 0.494 e. The summed E-state index contributed by atoms with van der Waals surface area (Å²) in [6.45, 7) is 2.53. The highest BCUT2D eigenvalue weighted by molar-refractivity contribution is 5.80. The lowest BCUT2D eigenvalue weighted by Crippen LogP contribution is -1.99. The number of aryl methyl sites for hydroxylation is 2. The second-order valence-electron chi connectivity index (χ2n) is 5.02. The van der Waals surface area contributed by atoms with Gasteiger partial charge in [0.15, 0.2) is 5.82 Å². The smallest absolute Gasteiger partial charge is 0.167 e. The summed E-state index contributed by atoms with van der Waals surface area (Å²) >= 11 is 0. The molecule has 0 aliphatic carbocycles. The van der Waals surface area contributed by atoms with E-state index in [4.69, 9.17) is 10.5 Å². The van der Waals surface area contributed by atoms with Gasteiger partial charge in [0.05, 0.1) is 24.1 Å². The zero-order valence-electron chi connectivity index (χ0n) is 12.8. The third kappa shape index (κ3) is 2.41. The Hall–Kier alpha value is -2.83. The molecule has 114 valence electrons. The van der Waals surface area contributed by atoms with E-state index in [1.807, 2.05) is 43.8 Å². The Balaban J connectivity index is 2.17. The molecule has 2 aromatic heterocycles. The third-order valence-electron chi connectivity index (χ3n) is 3.40. The molecule has 3 aromatic rings.